The first kappa shape index (κ1) is 19.4. The van der Waals surface area contributed by atoms with Gasteiger partial charge in [-0.15, -0.1) is 0 Å². The van der Waals surface area contributed by atoms with Crippen LogP contribution in [0.5, 0.6) is 5.75 Å². The molecule has 2 aromatic rings. The van der Waals surface area contributed by atoms with Crippen LogP contribution < -0.4 is 16.2 Å². The highest BCUT2D eigenvalue weighted by molar-refractivity contribution is 5.95. The van der Waals surface area contributed by atoms with E-state index in [4.69, 9.17) is 41.2 Å². The van der Waals surface area contributed by atoms with E-state index >= 15 is 0 Å². The van der Waals surface area contributed by atoms with Crippen LogP contribution in [0.25, 0.3) is 0 Å². The van der Waals surface area contributed by atoms with Crippen LogP contribution in [0.4, 0.5) is 0 Å². The number of amidine groups is 2. The summed E-state index contributed by atoms with van der Waals surface area (Å²) in [4.78, 5) is 0. The smallest absolute Gasteiger partial charge is 0.151 e. The highest BCUT2D eigenvalue weighted by atomic mass is 16.6. The third-order valence-corrected chi connectivity index (χ3v) is 5.12. The van der Waals surface area contributed by atoms with Gasteiger partial charge in [-0.1, -0.05) is 18.2 Å². The monoisotopic (exact) mass is 396 g/mol. The largest absolute Gasteiger partial charge is 0.485 e. The van der Waals surface area contributed by atoms with Crippen molar-refractivity contribution >= 4 is 11.7 Å². The number of hydrogen-bond donors (Lipinski definition) is 4. The van der Waals surface area contributed by atoms with Gasteiger partial charge in [0, 0.05) is 11.1 Å². The van der Waals surface area contributed by atoms with Crippen molar-refractivity contribution in [2.75, 3.05) is 13.2 Å². The molecule has 0 unspecified atom stereocenters. The molecule has 2 aliphatic heterocycles. The van der Waals surface area contributed by atoms with Crippen LogP contribution in [-0.2, 0) is 20.8 Å². The molecule has 8 nitrogen and oxygen atoms in total. The molecule has 0 aromatic heterocycles. The summed E-state index contributed by atoms with van der Waals surface area (Å²) in [6, 6.07) is 14.5. The summed E-state index contributed by atoms with van der Waals surface area (Å²) in [7, 11) is 0. The van der Waals surface area contributed by atoms with E-state index in [0.717, 1.165) is 5.56 Å². The molecule has 0 aliphatic carbocycles. The topological polar surface area (TPSA) is 137 Å². The fourth-order valence-corrected chi connectivity index (χ4v) is 3.59. The van der Waals surface area contributed by atoms with E-state index < -0.39 is 0 Å². The number of ether oxygens (including phenoxy) is 4. The van der Waals surface area contributed by atoms with Crippen LogP contribution in [0, 0.1) is 10.8 Å². The highest BCUT2D eigenvalue weighted by Crippen LogP contribution is 2.32. The minimum Gasteiger partial charge on any atom is -0.485 e. The Labute approximate surface area is 168 Å². The van der Waals surface area contributed by atoms with Crippen LogP contribution >= 0.6 is 0 Å². The lowest BCUT2D eigenvalue weighted by atomic mass is 10.1. The Hall–Kier alpha value is -2.94. The van der Waals surface area contributed by atoms with Gasteiger partial charge in [-0.05, 0) is 35.9 Å². The zero-order valence-corrected chi connectivity index (χ0v) is 15.8. The van der Waals surface area contributed by atoms with Crippen molar-refractivity contribution < 1.29 is 18.9 Å². The number of hydrogen-bond acceptors (Lipinski definition) is 6. The number of nitrogens with one attached hydrogen (secondary N) is 2. The molecular weight excluding hydrogens is 372 g/mol. The predicted molar refractivity (Wildman–Crippen MR) is 107 cm³/mol. The molecule has 0 spiro atoms. The summed E-state index contributed by atoms with van der Waals surface area (Å²) in [5.74, 6) is 0.735. The van der Waals surface area contributed by atoms with E-state index in [9.17, 15) is 0 Å². The fraction of sp³-hybridized carbons (Fsp3) is 0.333. The van der Waals surface area contributed by atoms with E-state index in [2.05, 4.69) is 0 Å². The van der Waals surface area contributed by atoms with Crippen LogP contribution in [0.15, 0.2) is 48.5 Å². The van der Waals surface area contributed by atoms with Crippen molar-refractivity contribution in [1.29, 1.82) is 10.8 Å². The van der Waals surface area contributed by atoms with Crippen LogP contribution in [0.2, 0.25) is 0 Å². The minimum atomic E-state index is -0.224. The quantitative estimate of drug-likeness (QED) is 0.412. The molecule has 2 saturated heterocycles. The third kappa shape index (κ3) is 4.24. The maximum atomic E-state index is 7.54. The second kappa shape index (κ2) is 8.20. The predicted octanol–water partition coefficient (Wildman–Crippen LogP) is 1.39. The first-order chi connectivity index (χ1) is 14.0. The molecule has 2 heterocycles. The first-order valence-corrected chi connectivity index (χ1v) is 9.40. The van der Waals surface area contributed by atoms with Crippen LogP contribution in [0.1, 0.15) is 16.7 Å². The van der Waals surface area contributed by atoms with Gasteiger partial charge in [-0.3, -0.25) is 10.8 Å². The SMILES string of the molecule is N=C(N)c1ccc(O[C@@H]2CO[C@H]3[C@@H]2OC[C@@H]3OCc2cccc(C(=N)N)c2)cc1. The lowest BCUT2D eigenvalue weighted by Gasteiger charge is -2.18. The summed E-state index contributed by atoms with van der Waals surface area (Å²) in [6.45, 7) is 1.24. The van der Waals surface area contributed by atoms with E-state index in [1.54, 1.807) is 30.3 Å². The molecule has 8 heteroatoms. The number of nitrogens with two attached hydrogens (primary N) is 2. The highest BCUT2D eigenvalue weighted by Gasteiger charge is 2.49. The molecule has 0 bridgehead atoms. The maximum absolute atomic E-state index is 7.54. The Balaban J connectivity index is 1.33. The lowest BCUT2D eigenvalue weighted by molar-refractivity contribution is -0.0425. The summed E-state index contributed by atoms with van der Waals surface area (Å²) in [5, 5.41) is 15.0. The van der Waals surface area contributed by atoms with Gasteiger partial charge in [0.05, 0.1) is 19.8 Å². The molecule has 4 atom stereocenters. The van der Waals surface area contributed by atoms with E-state index in [1.165, 1.54) is 0 Å². The molecule has 4 rings (SSSR count). The molecular formula is C21H24N4O4. The summed E-state index contributed by atoms with van der Waals surface area (Å²) >= 11 is 0. The average Bonchev–Trinajstić information content (AvgIpc) is 3.30. The van der Waals surface area contributed by atoms with Crippen molar-refractivity contribution in [3.05, 3.63) is 65.2 Å². The molecule has 29 heavy (non-hydrogen) atoms. The lowest BCUT2D eigenvalue weighted by Crippen LogP contribution is -2.35. The standard InChI is InChI=1S/C21H24N4O4/c22-20(23)13-4-6-15(7-5-13)29-17-11-28-18-16(10-27-19(17)18)26-9-12-2-1-3-14(8-12)21(24)25/h1-8,16-19H,9-11H2,(H3,22,23)(H3,24,25)/t16-,17+,18+,19+/m0/s1. The van der Waals surface area contributed by atoms with Crippen LogP contribution in [-0.4, -0.2) is 49.3 Å². The van der Waals surface area contributed by atoms with Crippen molar-refractivity contribution in [1.82, 2.24) is 0 Å². The zero-order chi connectivity index (χ0) is 20.4. The van der Waals surface area contributed by atoms with Gasteiger partial charge in [-0.2, -0.15) is 0 Å². The number of rotatable bonds is 7. The Kier molecular flexibility index (Phi) is 5.48. The number of fused-ring (bicyclic) bond motifs is 1. The summed E-state index contributed by atoms with van der Waals surface area (Å²) in [6.07, 6.45) is -0.795. The number of benzene rings is 2. The molecule has 152 valence electrons. The summed E-state index contributed by atoms with van der Waals surface area (Å²) in [5.41, 5.74) is 13.3. The van der Waals surface area contributed by atoms with Crippen molar-refractivity contribution in [3.8, 4) is 5.75 Å². The second-order valence-electron chi connectivity index (χ2n) is 7.15. The van der Waals surface area contributed by atoms with E-state index in [0.29, 0.717) is 36.7 Å². The first-order valence-electron chi connectivity index (χ1n) is 9.40. The molecule has 0 radical (unpaired) electrons. The normalized spacial score (nSPS) is 25.5. The van der Waals surface area contributed by atoms with Gasteiger partial charge in [0.15, 0.2) is 6.10 Å². The van der Waals surface area contributed by atoms with Crippen LogP contribution in [0.3, 0.4) is 0 Å². The molecule has 2 aromatic carbocycles. The molecule has 0 amide bonds. The Morgan fingerprint density at radius 1 is 0.897 bits per heavy atom. The molecule has 2 aliphatic rings. The van der Waals surface area contributed by atoms with Gasteiger partial charge in [-0.25, -0.2) is 0 Å². The average molecular weight is 396 g/mol. The van der Waals surface area contributed by atoms with E-state index in [-0.39, 0.29) is 36.1 Å². The number of nitrogen functional groups attached to an aromatic ring is 2. The molecule has 6 N–H and O–H groups in total. The third-order valence-electron chi connectivity index (χ3n) is 5.12. The second-order valence-corrected chi connectivity index (χ2v) is 7.15. The van der Waals surface area contributed by atoms with Gasteiger partial charge in [0.2, 0.25) is 0 Å². The maximum Gasteiger partial charge on any atom is 0.151 e. The van der Waals surface area contributed by atoms with Crippen molar-refractivity contribution in [2.45, 2.75) is 31.0 Å². The van der Waals surface area contributed by atoms with Crippen molar-refractivity contribution in [3.63, 3.8) is 0 Å². The Bertz CT molecular complexity index is 902. The van der Waals surface area contributed by atoms with E-state index in [1.807, 2.05) is 18.2 Å². The Morgan fingerprint density at radius 3 is 2.24 bits per heavy atom. The fourth-order valence-electron chi connectivity index (χ4n) is 3.59. The zero-order valence-electron chi connectivity index (χ0n) is 15.8. The minimum absolute atomic E-state index is 0.0220. The van der Waals surface area contributed by atoms with Gasteiger partial charge in [0.1, 0.15) is 35.7 Å². The van der Waals surface area contributed by atoms with Gasteiger partial charge < -0.3 is 30.4 Å². The van der Waals surface area contributed by atoms with Gasteiger partial charge >= 0.3 is 0 Å². The molecule has 0 saturated carbocycles. The summed E-state index contributed by atoms with van der Waals surface area (Å²) < 4.78 is 23.9. The van der Waals surface area contributed by atoms with Gasteiger partial charge in [0.25, 0.3) is 0 Å². The van der Waals surface area contributed by atoms with Crippen molar-refractivity contribution in [2.24, 2.45) is 11.5 Å². The molecule has 2 fully saturated rings. The Morgan fingerprint density at radius 2 is 1.55 bits per heavy atom.